The molecule has 0 saturated heterocycles. The Morgan fingerprint density at radius 1 is 1.19 bits per heavy atom. The molecule has 0 aliphatic rings. The number of ether oxygens (including phenoxy) is 2. The number of nitrogens with zero attached hydrogens (tertiary/aromatic N) is 1. The minimum absolute atomic E-state index is 0.0999. The number of carbonyl (C=O) groups is 3. The summed E-state index contributed by atoms with van der Waals surface area (Å²) in [4.78, 5) is 41.0. The number of aliphatic hydroxyl groups excluding tert-OH is 1. The molecular formula is C18H26N2O7. The van der Waals surface area contributed by atoms with Gasteiger partial charge >= 0.3 is 12.1 Å². The Labute approximate surface area is 157 Å². The van der Waals surface area contributed by atoms with Gasteiger partial charge < -0.3 is 20.3 Å². The number of benzene rings is 1. The first kappa shape index (κ1) is 22.4. The van der Waals surface area contributed by atoms with Crippen LogP contribution in [0.25, 0.3) is 0 Å². The molecule has 9 heteroatoms. The molecule has 0 radical (unpaired) electrons. The second kappa shape index (κ2) is 9.89. The maximum atomic E-state index is 12.4. The predicted octanol–water partition coefficient (Wildman–Crippen LogP) is 1.13. The Hall–Kier alpha value is -2.65. The van der Waals surface area contributed by atoms with Crippen LogP contribution in [0.1, 0.15) is 33.3 Å². The van der Waals surface area contributed by atoms with E-state index in [1.807, 2.05) is 0 Å². The van der Waals surface area contributed by atoms with Crippen molar-refractivity contribution in [2.45, 2.75) is 52.0 Å². The van der Waals surface area contributed by atoms with E-state index in [9.17, 15) is 19.5 Å². The zero-order chi connectivity index (χ0) is 20.6. The average molecular weight is 382 g/mol. The molecule has 0 aliphatic carbocycles. The van der Waals surface area contributed by atoms with Crippen molar-refractivity contribution in [3.05, 3.63) is 35.9 Å². The molecule has 0 heterocycles. The third-order valence-corrected chi connectivity index (χ3v) is 3.13. The Bertz CT molecular complexity index is 641. The number of primary amides is 1. The van der Waals surface area contributed by atoms with Crippen molar-refractivity contribution in [2.24, 2.45) is 5.73 Å². The number of amides is 2. The number of carbonyl (C=O) groups excluding carboxylic acids is 3. The van der Waals surface area contributed by atoms with Crippen LogP contribution in [0, 0.1) is 0 Å². The maximum Gasteiger partial charge on any atom is 0.435 e. The van der Waals surface area contributed by atoms with Crippen LogP contribution in [0.2, 0.25) is 0 Å². The fourth-order valence-corrected chi connectivity index (χ4v) is 2.07. The molecule has 1 aromatic carbocycles. The van der Waals surface area contributed by atoms with Crippen LogP contribution in [0.5, 0.6) is 0 Å². The largest absolute Gasteiger partial charge is 0.458 e. The van der Waals surface area contributed by atoms with Crippen LogP contribution in [0.4, 0.5) is 4.79 Å². The third kappa shape index (κ3) is 8.06. The molecule has 150 valence electrons. The molecular weight excluding hydrogens is 356 g/mol. The normalized spacial score (nSPS) is 13.4. The van der Waals surface area contributed by atoms with Crippen molar-refractivity contribution in [2.75, 3.05) is 6.61 Å². The van der Waals surface area contributed by atoms with Gasteiger partial charge in [0.1, 0.15) is 12.2 Å². The quantitative estimate of drug-likeness (QED) is 0.509. The molecule has 0 fully saturated rings. The zero-order valence-electron chi connectivity index (χ0n) is 15.9. The Morgan fingerprint density at radius 3 is 2.26 bits per heavy atom. The number of rotatable bonds is 8. The molecule has 0 bridgehead atoms. The lowest BCUT2D eigenvalue weighted by Crippen LogP contribution is -2.54. The maximum absolute atomic E-state index is 12.4. The minimum Gasteiger partial charge on any atom is -0.458 e. The lowest BCUT2D eigenvalue weighted by Gasteiger charge is -2.29. The van der Waals surface area contributed by atoms with Crippen LogP contribution in [-0.4, -0.2) is 52.5 Å². The highest BCUT2D eigenvalue weighted by Gasteiger charge is 2.35. The summed E-state index contributed by atoms with van der Waals surface area (Å²) in [6.45, 7) is 5.48. The average Bonchev–Trinajstić information content (AvgIpc) is 2.54. The lowest BCUT2D eigenvalue weighted by molar-refractivity contribution is -0.201. The van der Waals surface area contributed by atoms with Crippen molar-refractivity contribution in [1.82, 2.24) is 5.06 Å². The molecule has 0 spiro atoms. The Balaban J connectivity index is 2.84. The van der Waals surface area contributed by atoms with Gasteiger partial charge in [0.05, 0.1) is 6.10 Å². The van der Waals surface area contributed by atoms with Gasteiger partial charge in [0, 0.05) is 0 Å². The highest BCUT2D eigenvalue weighted by Crippen LogP contribution is 2.12. The topological polar surface area (TPSA) is 128 Å². The molecule has 0 unspecified atom stereocenters. The number of aliphatic hydroxyl groups is 1. The minimum atomic E-state index is -1.55. The predicted molar refractivity (Wildman–Crippen MR) is 94.9 cm³/mol. The molecule has 0 aliphatic heterocycles. The summed E-state index contributed by atoms with van der Waals surface area (Å²) < 4.78 is 10.2. The first-order valence-electron chi connectivity index (χ1n) is 8.33. The van der Waals surface area contributed by atoms with Crippen molar-refractivity contribution < 1.29 is 33.8 Å². The molecule has 0 aromatic heterocycles. The molecule has 9 nitrogen and oxygen atoms in total. The van der Waals surface area contributed by atoms with Gasteiger partial charge in [-0.3, -0.25) is 9.63 Å². The van der Waals surface area contributed by atoms with Gasteiger partial charge in [-0.15, -0.1) is 0 Å². The molecule has 1 aromatic rings. The fraction of sp³-hybridized carbons (Fsp3) is 0.500. The monoisotopic (exact) mass is 382 g/mol. The molecule has 2 amide bonds. The first-order valence-corrected chi connectivity index (χ1v) is 8.33. The van der Waals surface area contributed by atoms with E-state index in [1.165, 1.54) is 6.92 Å². The summed E-state index contributed by atoms with van der Waals surface area (Å²) in [6, 6.07) is 7.26. The first-order chi connectivity index (χ1) is 12.5. The van der Waals surface area contributed by atoms with Gasteiger partial charge in [-0.1, -0.05) is 30.3 Å². The van der Waals surface area contributed by atoms with Gasteiger partial charge in [-0.05, 0) is 33.3 Å². The molecule has 3 N–H and O–H groups in total. The standard InChI is InChI=1S/C18H26N2O7/c1-12(21)15(16(19)23)20(26-11-14(22)27-18(2,3)4)17(24)25-10-13-8-6-5-7-9-13/h5-9,12,15,21H,10-11H2,1-4H3,(H2,19,23)/t12-,15+/m1/s1. The van der Waals surface area contributed by atoms with E-state index in [0.29, 0.717) is 10.6 Å². The van der Waals surface area contributed by atoms with E-state index in [1.54, 1.807) is 51.1 Å². The molecule has 1 rings (SSSR count). The Morgan fingerprint density at radius 2 is 1.78 bits per heavy atom. The van der Waals surface area contributed by atoms with E-state index in [0.717, 1.165) is 0 Å². The van der Waals surface area contributed by atoms with Crippen LogP contribution < -0.4 is 5.73 Å². The number of nitrogens with two attached hydrogens (primary N) is 1. The third-order valence-electron chi connectivity index (χ3n) is 3.13. The number of esters is 1. The van der Waals surface area contributed by atoms with Crippen LogP contribution >= 0.6 is 0 Å². The van der Waals surface area contributed by atoms with Crippen molar-refractivity contribution in [1.29, 1.82) is 0 Å². The van der Waals surface area contributed by atoms with Crippen molar-refractivity contribution in [3.8, 4) is 0 Å². The summed E-state index contributed by atoms with van der Waals surface area (Å²) >= 11 is 0. The highest BCUT2D eigenvalue weighted by molar-refractivity contribution is 5.84. The summed E-state index contributed by atoms with van der Waals surface area (Å²) in [5.41, 5.74) is 5.19. The summed E-state index contributed by atoms with van der Waals surface area (Å²) in [5.74, 6) is -1.79. The van der Waals surface area contributed by atoms with E-state index in [4.69, 9.17) is 20.0 Å². The SMILES string of the molecule is C[C@@H](O)[C@@H](C(N)=O)N(OCC(=O)OC(C)(C)C)C(=O)OCc1ccccc1. The van der Waals surface area contributed by atoms with Crippen molar-refractivity contribution >= 4 is 18.0 Å². The number of hydrogen-bond donors (Lipinski definition) is 2. The summed E-state index contributed by atoms with van der Waals surface area (Å²) in [5, 5.41) is 10.3. The summed E-state index contributed by atoms with van der Waals surface area (Å²) in [7, 11) is 0. The summed E-state index contributed by atoms with van der Waals surface area (Å²) in [6.07, 6.45) is -2.43. The number of hydroxylamine groups is 2. The lowest BCUT2D eigenvalue weighted by atomic mass is 10.2. The van der Waals surface area contributed by atoms with Crippen molar-refractivity contribution in [3.63, 3.8) is 0 Å². The molecule has 27 heavy (non-hydrogen) atoms. The van der Waals surface area contributed by atoms with Gasteiger partial charge in [0.15, 0.2) is 12.6 Å². The van der Waals surface area contributed by atoms with E-state index in [2.05, 4.69) is 0 Å². The smallest absolute Gasteiger partial charge is 0.435 e. The van der Waals surface area contributed by atoms with Gasteiger partial charge in [-0.2, -0.15) is 5.06 Å². The van der Waals surface area contributed by atoms with Gasteiger partial charge in [0.25, 0.3) is 0 Å². The highest BCUT2D eigenvalue weighted by atomic mass is 16.7. The van der Waals surface area contributed by atoms with Gasteiger partial charge in [0.2, 0.25) is 5.91 Å². The second-order valence-electron chi connectivity index (χ2n) is 6.81. The fourth-order valence-electron chi connectivity index (χ4n) is 2.07. The van der Waals surface area contributed by atoms with E-state index < -0.39 is 42.3 Å². The molecule has 2 atom stereocenters. The van der Waals surface area contributed by atoms with Crippen LogP contribution in [0.15, 0.2) is 30.3 Å². The van der Waals surface area contributed by atoms with Crippen LogP contribution in [-0.2, 0) is 30.5 Å². The molecule has 0 saturated carbocycles. The van der Waals surface area contributed by atoms with Gasteiger partial charge in [-0.25, -0.2) is 9.59 Å². The van der Waals surface area contributed by atoms with Crippen LogP contribution in [0.3, 0.4) is 0 Å². The zero-order valence-corrected chi connectivity index (χ0v) is 15.9. The second-order valence-corrected chi connectivity index (χ2v) is 6.81. The Kier molecular flexibility index (Phi) is 8.20. The number of hydrogen-bond acceptors (Lipinski definition) is 7. The van der Waals surface area contributed by atoms with E-state index in [-0.39, 0.29) is 6.61 Å². The van der Waals surface area contributed by atoms with E-state index >= 15 is 0 Å².